The van der Waals surface area contributed by atoms with Crippen LogP contribution in [0.25, 0.3) is 6.08 Å². The number of carbonyl (C=O) groups is 1. The van der Waals surface area contributed by atoms with Crippen LogP contribution in [0.15, 0.2) is 24.3 Å². The Hall–Kier alpha value is -2.17. The molecular formula is C17H22O9. The number of carboxylic acid groups (broad SMARTS) is 1. The van der Waals surface area contributed by atoms with Crippen molar-refractivity contribution in [2.24, 2.45) is 0 Å². The van der Waals surface area contributed by atoms with Crippen molar-refractivity contribution in [2.45, 2.75) is 43.0 Å². The number of ether oxygens (including phenoxy) is 2. The third-order valence-electron chi connectivity index (χ3n) is 4.23. The third-order valence-corrected chi connectivity index (χ3v) is 4.23. The van der Waals surface area contributed by atoms with Crippen molar-refractivity contribution >= 4 is 12.0 Å². The molecule has 0 amide bonds. The van der Waals surface area contributed by atoms with Crippen LogP contribution >= 0.6 is 0 Å². The lowest BCUT2D eigenvalue weighted by molar-refractivity contribution is -0.216. The van der Waals surface area contributed by atoms with Crippen molar-refractivity contribution in [1.82, 2.24) is 0 Å². The van der Waals surface area contributed by atoms with E-state index in [0.29, 0.717) is 5.56 Å². The van der Waals surface area contributed by atoms with E-state index >= 15 is 0 Å². The average molecular weight is 370 g/mol. The molecule has 1 aromatic rings. The lowest BCUT2D eigenvalue weighted by atomic mass is 9.79. The Kier molecular flexibility index (Phi) is 6.21. The number of phenolic OH excluding ortho intramolecular Hbond substituents is 1. The normalized spacial score (nSPS) is 30.3. The van der Waals surface area contributed by atoms with Crippen molar-refractivity contribution < 1.29 is 44.9 Å². The van der Waals surface area contributed by atoms with E-state index in [9.17, 15) is 30.3 Å². The van der Waals surface area contributed by atoms with Gasteiger partial charge < -0.3 is 40.1 Å². The van der Waals surface area contributed by atoms with Crippen LogP contribution in [0.4, 0.5) is 0 Å². The summed E-state index contributed by atoms with van der Waals surface area (Å²) in [6.45, 7) is 0. The quantitative estimate of drug-likeness (QED) is 0.361. The number of aliphatic carboxylic acids is 1. The van der Waals surface area contributed by atoms with Gasteiger partial charge in [-0.1, -0.05) is 12.1 Å². The fourth-order valence-electron chi connectivity index (χ4n) is 2.77. The molecule has 1 aromatic carbocycles. The van der Waals surface area contributed by atoms with Crippen LogP contribution in [-0.2, 0) is 9.53 Å². The molecule has 0 radical (unpaired) electrons. The predicted molar refractivity (Wildman–Crippen MR) is 88.4 cm³/mol. The van der Waals surface area contributed by atoms with Gasteiger partial charge in [0.05, 0.1) is 19.3 Å². The van der Waals surface area contributed by atoms with Crippen LogP contribution in [0.3, 0.4) is 0 Å². The van der Waals surface area contributed by atoms with Crippen LogP contribution in [-0.4, -0.2) is 73.9 Å². The number of aliphatic hydroxyl groups excluding tert-OH is 3. The highest BCUT2D eigenvalue weighted by Gasteiger charge is 2.49. The molecule has 6 N–H and O–H groups in total. The zero-order valence-electron chi connectivity index (χ0n) is 14.0. The molecule has 0 aromatic heterocycles. The zero-order chi connectivity index (χ0) is 19.5. The first-order chi connectivity index (χ1) is 12.2. The predicted octanol–water partition coefficient (Wildman–Crippen LogP) is -0.551. The largest absolute Gasteiger partial charge is 0.504 e. The van der Waals surface area contributed by atoms with Crippen LogP contribution in [0, 0.1) is 0 Å². The maximum atomic E-state index is 11.2. The van der Waals surface area contributed by atoms with Crippen molar-refractivity contribution in [3.8, 4) is 11.5 Å². The summed E-state index contributed by atoms with van der Waals surface area (Å²) in [5.41, 5.74) is -1.68. The maximum Gasteiger partial charge on any atom is 0.335 e. The molecule has 1 aliphatic rings. The molecule has 144 valence electrons. The first-order valence-electron chi connectivity index (χ1n) is 7.87. The van der Waals surface area contributed by atoms with Gasteiger partial charge in [0, 0.05) is 12.8 Å². The Morgan fingerprint density at radius 1 is 1.35 bits per heavy atom. The minimum atomic E-state index is -2.25. The minimum Gasteiger partial charge on any atom is -0.504 e. The number of aromatic hydroxyl groups is 1. The molecular weight excluding hydrogens is 348 g/mol. The zero-order valence-corrected chi connectivity index (χ0v) is 14.0. The fourth-order valence-corrected chi connectivity index (χ4v) is 2.77. The van der Waals surface area contributed by atoms with E-state index in [1.807, 2.05) is 0 Å². The van der Waals surface area contributed by atoms with Gasteiger partial charge in [0.15, 0.2) is 23.4 Å². The van der Waals surface area contributed by atoms with Crippen LogP contribution in [0.5, 0.6) is 11.5 Å². The minimum absolute atomic E-state index is 0.0475. The Bertz CT molecular complexity index is 674. The van der Waals surface area contributed by atoms with Gasteiger partial charge >= 0.3 is 5.97 Å². The number of methoxy groups -OCH3 is 1. The maximum absolute atomic E-state index is 11.2. The number of phenols is 1. The summed E-state index contributed by atoms with van der Waals surface area (Å²) >= 11 is 0. The highest BCUT2D eigenvalue weighted by molar-refractivity contribution is 5.77. The van der Waals surface area contributed by atoms with Crippen LogP contribution in [0.2, 0.25) is 0 Å². The monoisotopic (exact) mass is 370 g/mol. The summed E-state index contributed by atoms with van der Waals surface area (Å²) in [5.74, 6) is -1.35. The summed E-state index contributed by atoms with van der Waals surface area (Å²) in [6, 6.07) is 4.48. The summed E-state index contributed by atoms with van der Waals surface area (Å²) < 4.78 is 10.1. The van der Waals surface area contributed by atoms with E-state index in [1.165, 1.54) is 31.4 Å². The number of benzene rings is 1. The molecule has 9 nitrogen and oxygen atoms in total. The second-order valence-electron chi connectivity index (χ2n) is 6.16. The molecule has 26 heavy (non-hydrogen) atoms. The highest BCUT2D eigenvalue weighted by atomic mass is 16.6. The molecule has 9 heteroatoms. The molecule has 1 aliphatic carbocycles. The second kappa shape index (κ2) is 8.02. The molecule has 0 saturated heterocycles. The summed E-state index contributed by atoms with van der Waals surface area (Å²) in [4.78, 5) is 11.2. The van der Waals surface area contributed by atoms with E-state index in [1.54, 1.807) is 6.07 Å². The fraction of sp³-hybridized carbons (Fsp3) is 0.471. The Morgan fingerprint density at radius 3 is 2.65 bits per heavy atom. The van der Waals surface area contributed by atoms with E-state index in [2.05, 4.69) is 0 Å². The summed E-state index contributed by atoms with van der Waals surface area (Å²) in [6.07, 6.45) is -4.12. The van der Waals surface area contributed by atoms with Crippen molar-refractivity contribution in [2.75, 3.05) is 7.11 Å². The average Bonchev–Trinajstić information content (AvgIpc) is 2.58. The van der Waals surface area contributed by atoms with E-state index in [4.69, 9.17) is 14.6 Å². The van der Waals surface area contributed by atoms with Crippen LogP contribution in [0.1, 0.15) is 18.4 Å². The number of carboxylic acids is 1. The van der Waals surface area contributed by atoms with Gasteiger partial charge in [0.2, 0.25) is 0 Å². The van der Waals surface area contributed by atoms with Crippen LogP contribution < -0.4 is 4.74 Å². The van der Waals surface area contributed by atoms with Gasteiger partial charge in [0.1, 0.15) is 6.10 Å². The first-order valence-corrected chi connectivity index (χ1v) is 7.87. The highest BCUT2D eigenvalue weighted by Crippen LogP contribution is 2.32. The molecule has 5 atom stereocenters. The number of hydrogen-bond donors (Lipinski definition) is 6. The van der Waals surface area contributed by atoms with Crippen molar-refractivity contribution in [3.05, 3.63) is 29.8 Å². The molecule has 0 aliphatic heterocycles. The molecule has 0 bridgehead atoms. The second-order valence-corrected chi connectivity index (χ2v) is 6.16. The topological polar surface area (TPSA) is 157 Å². The smallest absolute Gasteiger partial charge is 0.335 e. The van der Waals surface area contributed by atoms with E-state index in [0.717, 1.165) is 0 Å². The SMILES string of the molecule is COc1cc(/C=C/C(O)OC2C[C@@](O)(C(=O)O)CC(O)[C@@H]2O)ccc1O. The molecule has 3 unspecified atom stereocenters. The van der Waals surface area contributed by atoms with Gasteiger partial charge in [-0.15, -0.1) is 0 Å². The molecule has 0 heterocycles. The molecule has 2 rings (SSSR count). The summed E-state index contributed by atoms with van der Waals surface area (Å²) in [5, 5.41) is 58.2. The number of rotatable bonds is 6. The van der Waals surface area contributed by atoms with E-state index in [-0.39, 0.29) is 11.5 Å². The summed E-state index contributed by atoms with van der Waals surface area (Å²) in [7, 11) is 1.39. The van der Waals surface area contributed by atoms with Gasteiger partial charge in [-0.25, -0.2) is 4.79 Å². The Labute approximate surface area is 149 Å². The van der Waals surface area contributed by atoms with Crippen molar-refractivity contribution in [3.63, 3.8) is 0 Å². The van der Waals surface area contributed by atoms with Gasteiger partial charge in [-0.3, -0.25) is 0 Å². The molecule has 0 spiro atoms. The molecule has 1 saturated carbocycles. The Morgan fingerprint density at radius 2 is 2.04 bits per heavy atom. The van der Waals surface area contributed by atoms with E-state index < -0.39 is 49.0 Å². The van der Waals surface area contributed by atoms with Crippen molar-refractivity contribution in [1.29, 1.82) is 0 Å². The first kappa shape index (κ1) is 20.1. The standard InChI is InChI=1S/C17H22O9/c1-25-12-6-9(2-4-10(12)18)3-5-14(20)26-13-8-17(24,16(22)23)7-11(19)15(13)21/h2-6,11,13-15,18-21,24H,7-8H2,1H3,(H,22,23)/b5-3+/t11?,13?,14?,15-,17+/m0/s1. The number of aliphatic hydroxyl groups is 4. The Balaban J connectivity index is 2.05. The van der Waals surface area contributed by atoms with Gasteiger partial charge in [0.25, 0.3) is 0 Å². The lowest BCUT2D eigenvalue weighted by Gasteiger charge is -2.40. The van der Waals surface area contributed by atoms with Gasteiger partial charge in [-0.05, 0) is 23.8 Å². The van der Waals surface area contributed by atoms with Gasteiger partial charge in [-0.2, -0.15) is 0 Å². The molecule has 1 fully saturated rings. The lowest BCUT2D eigenvalue weighted by Crippen LogP contribution is -2.57. The number of hydrogen-bond acceptors (Lipinski definition) is 8. The third kappa shape index (κ3) is 4.51.